The van der Waals surface area contributed by atoms with Gasteiger partial charge in [-0.05, 0) is 44.7 Å². The Labute approximate surface area is 187 Å². The van der Waals surface area contributed by atoms with E-state index in [0.29, 0.717) is 11.4 Å². The van der Waals surface area contributed by atoms with Gasteiger partial charge in [-0.2, -0.15) is 0 Å². The number of amides is 3. The molecule has 2 fully saturated rings. The molecule has 0 radical (unpaired) electrons. The van der Waals surface area contributed by atoms with Crippen molar-refractivity contribution in [3.8, 4) is 0 Å². The van der Waals surface area contributed by atoms with Crippen LogP contribution in [0.15, 0.2) is 30.3 Å². The fraction of sp³-hybridized carbons (Fsp3) is 0.500. The summed E-state index contributed by atoms with van der Waals surface area (Å²) in [6.45, 7) is 3.11. The average Bonchev–Trinajstić information content (AvgIpc) is 3.33. The van der Waals surface area contributed by atoms with Crippen molar-refractivity contribution in [1.29, 1.82) is 0 Å². The smallest absolute Gasteiger partial charge is 0.342 e. The molecule has 8 nitrogen and oxygen atoms in total. The number of pyridine rings is 1. The molecule has 4 rings (SSSR count). The lowest BCUT2D eigenvalue weighted by Gasteiger charge is -2.23. The molecule has 2 aromatic rings. The first-order chi connectivity index (χ1) is 15.5. The molecule has 170 valence electrons. The zero-order valence-corrected chi connectivity index (χ0v) is 18.4. The predicted molar refractivity (Wildman–Crippen MR) is 122 cm³/mol. The number of ether oxygens (including phenoxy) is 1. The molecule has 2 N–H and O–H groups in total. The van der Waals surface area contributed by atoms with Gasteiger partial charge in [0, 0.05) is 24.5 Å². The number of aromatic nitrogens is 1. The normalized spacial score (nSPS) is 17.7. The summed E-state index contributed by atoms with van der Waals surface area (Å²) in [4.78, 5) is 44.4. The van der Waals surface area contributed by atoms with Gasteiger partial charge in [0.2, 0.25) is 0 Å². The third-order valence-corrected chi connectivity index (χ3v) is 6.16. The Kier molecular flexibility index (Phi) is 6.87. The van der Waals surface area contributed by atoms with Gasteiger partial charge in [-0.1, -0.05) is 37.5 Å². The number of carbonyl (C=O) groups excluding carboxylic acids is 3. The third kappa shape index (κ3) is 5.18. The molecule has 1 unspecified atom stereocenters. The number of nitrogens with one attached hydrogen (secondary N) is 2. The Hall–Kier alpha value is -3.16. The second kappa shape index (κ2) is 9.97. The Bertz CT molecular complexity index is 997. The van der Waals surface area contributed by atoms with E-state index >= 15 is 0 Å². The van der Waals surface area contributed by atoms with Crippen molar-refractivity contribution in [3.63, 3.8) is 0 Å². The SMILES string of the molecule is CC(OC(=O)c1cc2ccccc2nc1N1CCCC1)C(=O)NC(=O)NC1CCCCC1. The largest absolute Gasteiger partial charge is 0.449 e. The summed E-state index contributed by atoms with van der Waals surface area (Å²) >= 11 is 0. The van der Waals surface area contributed by atoms with Crippen LogP contribution in [0.2, 0.25) is 0 Å². The van der Waals surface area contributed by atoms with E-state index in [2.05, 4.69) is 15.5 Å². The molecule has 1 atom stereocenters. The van der Waals surface area contributed by atoms with Gasteiger partial charge in [-0.15, -0.1) is 0 Å². The minimum absolute atomic E-state index is 0.0844. The van der Waals surface area contributed by atoms with Gasteiger partial charge in [-0.3, -0.25) is 10.1 Å². The van der Waals surface area contributed by atoms with Gasteiger partial charge in [0.15, 0.2) is 6.10 Å². The number of esters is 1. The van der Waals surface area contributed by atoms with Crippen molar-refractivity contribution in [2.45, 2.75) is 64.0 Å². The van der Waals surface area contributed by atoms with Crippen LogP contribution in [0.3, 0.4) is 0 Å². The van der Waals surface area contributed by atoms with Gasteiger partial charge in [0.1, 0.15) is 11.4 Å². The Morgan fingerprint density at radius 1 is 1.06 bits per heavy atom. The molecule has 1 aliphatic carbocycles. The lowest BCUT2D eigenvalue weighted by atomic mass is 9.96. The summed E-state index contributed by atoms with van der Waals surface area (Å²) in [6, 6.07) is 8.89. The van der Waals surface area contributed by atoms with Gasteiger partial charge in [0.25, 0.3) is 5.91 Å². The summed E-state index contributed by atoms with van der Waals surface area (Å²) in [5.41, 5.74) is 1.13. The standard InChI is InChI=1S/C24H30N4O4/c1-16(22(29)27-24(31)25-18-10-3-2-4-11-18)32-23(30)19-15-17-9-5-6-12-20(17)26-21(19)28-13-7-8-14-28/h5-6,9,12,15-16,18H,2-4,7-8,10-11,13-14H2,1H3,(H2,25,27,29,31). The number of nitrogens with zero attached hydrogens (tertiary/aromatic N) is 2. The van der Waals surface area contributed by atoms with Crippen molar-refractivity contribution in [2.75, 3.05) is 18.0 Å². The monoisotopic (exact) mass is 438 g/mol. The van der Waals surface area contributed by atoms with Crippen molar-refractivity contribution >= 4 is 34.6 Å². The van der Waals surface area contributed by atoms with E-state index in [1.54, 1.807) is 6.07 Å². The molecule has 32 heavy (non-hydrogen) atoms. The number of hydrogen-bond donors (Lipinski definition) is 2. The van der Waals surface area contributed by atoms with Crippen LogP contribution in [-0.2, 0) is 9.53 Å². The minimum atomic E-state index is -1.11. The van der Waals surface area contributed by atoms with Crippen LogP contribution in [0, 0.1) is 0 Å². The molecule has 1 aliphatic heterocycles. The van der Waals surface area contributed by atoms with Gasteiger partial charge in [0.05, 0.1) is 5.52 Å². The van der Waals surface area contributed by atoms with Crippen molar-refractivity contribution < 1.29 is 19.1 Å². The summed E-state index contributed by atoms with van der Waals surface area (Å²) in [6.07, 6.45) is 6.13. The number of fused-ring (bicyclic) bond motifs is 1. The highest BCUT2D eigenvalue weighted by Crippen LogP contribution is 2.27. The molecule has 2 aliphatic rings. The molecule has 8 heteroatoms. The fourth-order valence-corrected chi connectivity index (χ4v) is 4.39. The van der Waals surface area contributed by atoms with E-state index in [0.717, 1.165) is 62.5 Å². The maximum atomic E-state index is 13.0. The summed E-state index contributed by atoms with van der Waals surface area (Å²) in [5.74, 6) is -0.697. The first-order valence-electron chi connectivity index (χ1n) is 11.5. The summed E-state index contributed by atoms with van der Waals surface area (Å²) < 4.78 is 5.44. The zero-order chi connectivity index (χ0) is 22.5. The van der Waals surface area contributed by atoms with Crippen LogP contribution in [0.1, 0.15) is 62.2 Å². The van der Waals surface area contributed by atoms with E-state index in [9.17, 15) is 14.4 Å². The lowest BCUT2D eigenvalue weighted by Crippen LogP contribution is -2.48. The van der Waals surface area contributed by atoms with Crippen LogP contribution in [-0.4, -0.2) is 48.1 Å². The molecule has 2 heterocycles. The van der Waals surface area contributed by atoms with E-state index in [4.69, 9.17) is 9.72 Å². The third-order valence-electron chi connectivity index (χ3n) is 6.16. The number of urea groups is 1. The molecule has 0 bridgehead atoms. The van der Waals surface area contributed by atoms with Crippen LogP contribution >= 0.6 is 0 Å². The van der Waals surface area contributed by atoms with Crippen LogP contribution in [0.25, 0.3) is 10.9 Å². The number of imide groups is 1. The topological polar surface area (TPSA) is 101 Å². The number of carbonyl (C=O) groups is 3. The zero-order valence-electron chi connectivity index (χ0n) is 18.4. The fourth-order valence-electron chi connectivity index (χ4n) is 4.39. The highest BCUT2D eigenvalue weighted by atomic mass is 16.5. The second-order valence-corrected chi connectivity index (χ2v) is 8.59. The molecule has 1 saturated heterocycles. The lowest BCUT2D eigenvalue weighted by molar-refractivity contribution is -0.127. The first kappa shape index (κ1) is 22.0. The molecule has 1 aromatic heterocycles. The van der Waals surface area contributed by atoms with Crippen molar-refractivity contribution in [1.82, 2.24) is 15.6 Å². The number of benzene rings is 1. The van der Waals surface area contributed by atoms with Crippen molar-refractivity contribution in [3.05, 3.63) is 35.9 Å². The van der Waals surface area contributed by atoms with Gasteiger partial charge >= 0.3 is 12.0 Å². The number of rotatable bonds is 5. The van der Waals surface area contributed by atoms with Crippen LogP contribution < -0.4 is 15.5 Å². The van der Waals surface area contributed by atoms with E-state index < -0.39 is 24.0 Å². The van der Waals surface area contributed by atoms with Crippen LogP contribution in [0.4, 0.5) is 10.6 Å². The van der Waals surface area contributed by atoms with E-state index in [1.807, 2.05) is 24.3 Å². The average molecular weight is 439 g/mol. The van der Waals surface area contributed by atoms with Gasteiger partial charge in [-0.25, -0.2) is 14.6 Å². The second-order valence-electron chi connectivity index (χ2n) is 8.59. The Morgan fingerprint density at radius 3 is 2.53 bits per heavy atom. The van der Waals surface area contributed by atoms with Crippen LogP contribution in [0.5, 0.6) is 0 Å². The predicted octanol–water partition coefficient (Wildman–Crippen LogP) is 3.54. The number of hydrogen-bond acceptors (Lipinski definition) is 6. The molecular weight excluding hydrogens is 408 g/mol. The molecule has 0 spiro atoms. The maximum absolute atomic E-state index is 13.0. The number of para-hydroxylation sites is 1. The van der Waals surface area contributed by atoms with Gasteiger partial charge < -0.3 is 15.0 Å². The summed E-state index contributed by atoms with van der Waals surface area (Å²) in [7, 11) is 0. The summed E-state index contributed by atoms with van der Waals surface area (Å²) in [5, 5.41) is 5.94. The molecule has 3 amide bonds. The van der Waals surface area contributed by atoms with E-state index in [1.165, 1.54) is 13.3 Å². The highest BCUT2D eigenvalue weighted by Gasteiger charge is 2.27. The van der Waals surface area contributed by atoms with Crippen molar-refractivity contribution in [2.24, 2.45) is 0 Å². The quantitative estimate of drug-likeness (QED) is 0.693. The Balaban J connectivity index is 1.43. The maximum Gasteiger partial charge on any atom is 0.342 e. The molecular formula is C24H30N4O4. The molecule has 1 aromatic carbocycles. The molecule has 1 saturated carbocycles. The number of anilines is 1. The Morgan fingerprint density at radius 2 is 1.78 bits per heavy atom. The highest BCUT2D eigenvalue weighted by molar-refractivity contribution is 6.02. The first-order valence-corrected chi connectivity index (χ1v) is 11.5. The van der Waals surface area contributed by atoms with E-state index in [-0.39, 0.29) is 6.04 Å². The minimum Gasteiger partial charge on any atom is -0.449 e.